The number of carbonyl (C=O) groups is 1. The van der Waals surface area contributed by atoms with Gasteiger partial charge < -0.3 is 10.1 Å². The van der Waals surface area contributed by atoms with E-state index in [0.717, 1.165) is 36.4 Å². The van der Waals surface area contributed by atoms with Crippen LogP contribution >= 0.6 is 0 Å². The highest BCUT2D eigenvalue weighted by atomic mass is 16.5. The van der Waals surface area contributed by atoms with E-state index >= 15 is 0 Å². The molecule has 0 saturated heterocycles. The minimum absolute atomic E-state index is 0.143. The van der Waals surface area contributed by atoms with Crippen LogP contribution in [0.25, 0.3) is 0 Å². The second-order valence-corrected chi connectivity index (χ2v) is 7.44. The molecule has 1 N–H and O–H groups in total. The fourth-order valence-electron chi connectivity index (χ4n) is 3.56. The molecule has 1 amide bonds. The van der Waals surface area contributed by atoms with E-state index in [1.165, 1.54) is 4.68 Å². The second-order valence-electron chi connectivity index (χ2n) is 7.44. The summed E-state index contributed by atoms with van der Waals surface area (Å²) in [5, 5.41) is 7.47. The van der Waals surface area contributed by atoms with Crippen molar-refractivity contribution in [3.8, 4) is 5.75 Å². The Morgan fingerprint density at radius 1 is 1.33 bits per heavy atom. The number of amides is 1. The summed E-state index contributed by atoms with van der Waals surface area (Å²) >= 11 is 0. The van der Waals surface area contributed by atoms with E-state index in [1.54, 1.807) is 11.7 Å². The molecule has 0 fully saturated rings. The average molecular weight is 372 g/mol. The molecule has 0 bridgehead atoms. The van der Waals surface area contributed by atoms with Crippen LogP contribution < -0.4 is 15.7 Å². The molecule has 1 aliphatic rings. The molecule has 7 nitrogen and oxygen atoms in total. The van der Waals surface area contributed by atoms with Crippen LogP contribution in [0.3, 0.4) is 0 Å². The summed E-state index contributed by atoms with van der Waals surface area (Å²) in [7, 11) is 1.61. The van der Waals surface area contributed by atoms with E-state index in [4.69, 9.17) is 4.74 Å². The van der Waals surface area contributed by atoms with Crippen LogP contribution in [0.1, 0.15) is 50.5 Å². The molecule has 1 atom stereocenters. The van der Waals surface area contributed by atoms with Gasteiger partial charge in [-0.15, -0.1) is 0 Å². The monoisotopic (exact) mass is 372 g/mol. The third-order valence-corrected chi connectivity index (χ3v) is 4.87. The molecule has 0 spiro atoms. The van der Waals surface area contributed by atoms with Crippen molar-refractivity contribution in [1.29, 1.82) is 0 Å². The molecule has 1 aromatic carbocycles. The van der Waals surface area contributed by atoms with Crippen LogP contribution in [0.4, 0.5) is 0 Å². The van der Waals surface area contributed by atoms with Gasteiger partial charge in [0.25, 0.3) is 0 Å². The molecule has 0 aliphatic carbocycles. The quantitative estimate of drug-likeness (QED) is 0.844. The first-order valence-corrected chi connectivity index (χ1v) is 9.59. The van der Waals surface area contributed by atoms with E-state index in [9.17, 15) is 9.59 Å². The number of methoxy groups -OCH3 is 1. The number of hydrogen-bond donors (Lipinski definition) is 1. The van der Waals surface area contributed by atoms with Gasteiger partial charge in [-0.05, 0) is 24.8 Å². The van der Waals surface area contributed by atoms with Gasteiger partial charge in [-0.25, -0.2) is 9.48 Å². The Labute approximate surface area is 159 Å². The van der Waals surface area contributed by atoms with Crippen LogP contribution in [-0.2, 0) is 24.3 Å². The van der Waals surface area contributed by atoms with Crippen LogP contribution in [0.2, 0.25) is 0 Å². The Hall–Kier alpha value is -2.57. The van der Waals surface area contributed by atoms with Crippen LogP contribution in [0.5, 0.6) is 5.75 Å². The fraction of sp³-hybridized carbons (Fsp3) is 0.550. The summed E-state index contributed by atoms with van der Waals surface area (Å²) in [5.41, 5.74) is 0.725. The fourth-order valence-corrected chi connectivity index (χ4v) is 3.56. The highest BCUT2D eigenvalue weighted by molar-refractivity contribution is 5.80. The summed E-state index contributed by atoms with van der Waals surface area (Å²) in [6.07, 6.45) is 3.23. The number of benzene rings is 1. The Morgan fingerprint density at radius 3 is 2.85 bits per heavy atom. The van der Waals surface area contributed by atoms with Crippen molar-refractivity contribution in [3.63, 3.8) is 0 Å². The zero-order valence-corrected chi connectivity index (χ0v) is 16.3. The molecule has 2 heterocycles. The van der Waals surface area contributed by atoms with Gasteiger partial charge >= 0.3 is 5.69 Å². The van der Waals surface area contributed by atoms with Crippen molar-refractivity contribution in [1.82, 2.24) is 19.7 Å². The second kappa shape index (κ2) is 8.41. The SMILES string of the molecule is COc1ccccc1CNC(=O)C1CCCCc2nn(CC(C)C)c(=O)n21. The Balaban J connectivity index is 1.81. The zero-order chi connectivity index (χ0) is 19.4. The number of para-hydroxylation sites is 1. The van der Waals surface area contributed by atoms with Gasteiger partial charge in [0.15, 0.2) is 0 Å². The Kier molecular flexibility index (Phi) is 5.98. The molecule has 7 heteroatoms. The predicted octanol–water partition coefficient (Wildman–Crippen LogP) is 2.29. The average Bonchev–Trinajstić information content (AvgIpc) is 2.83. The van der Waals surface area contributed by atoms with Gasteiger partial charge in [0.2, 0.25) is 5.91 Å². The van der Waals surface area contributed by atoms with Crippen LogP contribution in [-0.4, -0.2) is 27.4 Å². The lowest BCUT2D eigenvalue weighted by Crippen LogP contribution is -2.38. The number of carbonyl (C=O) groups excluding carboxylic acids is 1. The molecule has 2 aromatic rings. The predicted molar refractivity (Wildman–Crippen MR) is 103 cm³/mol. The van der Waals surface area contributed by atoms with Gasteiger partial charge in [0, 0.05) is 25.1 Å². The molecular formula is C20H28N4O3. The first-order valence-electron chi connectivity index (χ1n) is 9.59. The normalized spacial score (nSPS) is 16.7. The van der Waals surface area contributed by atoms with Crippen molar-refractivity contribution in [2.75, 3.05) is 7.11 Å². The molecular weight excluding hydrogens is 344 g/mol. The van der Waals surface area contributed by atoms with Gasteiger partial charge in [-0.3, -0.25) is 9.36 Å². The van der Waals surface area contributed by atoms with Gasteiger partial charge in [-0.1, -0.05) is 38.5 Å². The van der Waals surface area contributed by atoms with E-state index in [-0.39, 0.29) is 11.6 Å². The number of nitrogens with zero attached hydrogens (tertiary/aromatic N) is 3. The van der Waals surface area contributed by atoms with Gasteiger partial charge in [-0.2, -0.15) is 5.10 Å². The molecule has 0 radical (unpaired) electrons. The highest BCUT2D eigenvalue weighted by Gasteiger charge is 2.29. The Morgan fingerprint density at radius 2 is 2.11 bits per heavy atom. The molecule has 3 rings (SSSR count). The molecule has 27 heavy (non-hydrogen) atoms. The first kappa shape index (κ1) is 19.2. The Bertz CT molecular complexity index is 853. The number of fused-ring (bicyclic) bond motifs is 1. The van der Waals surface area contributed by atoms with Gasteiger partial charge in [0.05, 0.1) is 7.11 Å². The third kappa shape index (κ3) is 4.23. The number of rotatable bonds is 6. The van der Waals surface area contributed by atoms with Crippen molar-refractivity contribution < 1.29 is 9.53 Å². The maximum Gasteiger partial charge on any atom is 0.346 e. The maximum absolute atomic E-state index is 12.9. The summed E-state index contributed by atoms with van der Waals surface area (Å²) in [4.78, 5) is 25.8. The number of aromatic nitrogens is 3. The van der Waals surface area contributed by atoms with Crippen LogP contribution in [0.15, 0.2) is 29.1 Å². The van der Waals surface area contributed by atoms with Crippen molar-refractivity contribution in [3.05, 3.63) is 46.1 Å². The van der Waals surface area contributed by atoms with Crippen molar-refractivity contribution in [2.45, 2.75) is 58.7 Å². The number of ether oxygens (including phenoxy) is 1. The molecule has 1 unspecified atom stereocenters. The third-order valence-electron chi connectivity index (χ3n) is 4.87. The highest BCUT2D eigenvalue weighted by Crippen LogP contribution is 2.22. The van der Waals surface area contributed by atoms with Crippen molar-refractivity contribution in [2.24, 2.45) is 5.92 Å². The standard InChI is InChI=1S/C20H28N4O3/c1-14(2)13-23-20(26)24-16(9-5-7-11-18(24)22-23)19(25)21-12-15-8-4-6-10-17(15)27-3/h4,6,8,10,14,16H,5,7,9,11-13H2,1-3H3,(H,21,25). The largest absolute Gasteiger partial charge is 0.496 e. The number of hydrogen-bond acceptors (Lipinski definition) is 4. The van der Waals surface area contributed by atoms with E-state index < -0.39 is 6.04 Å². The summed E-state index contributed by atoms with van der Waals surface area (Å²) < 4.78 is 8.45. The molecule has 0 saturated carbocycles. The number of aryl methyl sites for hydroxylation is 1. The molecule has 146 valence electrons. The lowest BCUT2D eigenvalue weighted by Gasteiger charge is -2.17. The summed E-state index contributed by atoms with van der Waals surface area (Å²) in [6.45, 7) is 5.03. The first-order chi connectivity index (χ1) is 13.0. The lowest BCUT2D eigenvalue weighted by atomic mass is 10.1. The zero-order valence-electron chi connectivity index (χ0n) is 16.3. The molecule has 1 aliphatic heterocycles. The van der Waals surface area contributed by atoms with Crippen molar-refractivity contribution >= 4 is 5.91 Å². The van der Waals surface area contributed by atoms with E-state index in [0.29, 0.717) is 25.4 Å². The maximum atomic E-state index is 12.9. The molecule has 1 aromatic heterocycles. The van der Waals surface area contributed by atoms with Crippen LogP contribution in [0, 0.1) is 5.92 Å². The topological polar surface area (TPSA) is 78.2 Å². The summed E-state index contributed by atoms with van der Waals surface area (Å²) in [5.74, 6) is 1.63. The smallest absolute Gasteiger partial charge is 0.346 e. The summed E-state index contributed by atoms with van der Waals surface area (Å²) in [6, 6.07) is 7.08. The number of nitrogens with one attached hydrogen (secondary N) is 1. The minimum atomic E-state index is -0.509. The van der Waals surface area contributed by atoms with E-state index in [2.05, 4.69) is 24.3 Å². The van der Waals surface area contributed by atoms with Gasteiger partial charge in [0.1, 0.15) is 17.6 Å². The minimum Gasteiger partial charge on any atom is -0.496 e. The van der Waals surface area contributed by atoms with E-state index in [1.807, 2.05) is 24.3 Å². The lowest BCUT2D eigenvalue weighted by molar-refractivity contribution is -0.124.